The third-order valence-electron chi connectivity index (χ3n) is 6.27. The van der Waals surface area contributed by atoms with Gasteiger partial charge in [0.25, 0.3) is 15.9 Å². The molecule has 10 nitrogen and oxygen atoms in total. The van der Waals surface area contributed by atoms with Crippen molar-refractivity contribution in [3.63, 3.8) is 0 Å². The Morgan fingerprint density at radius 1 is 1.21 bits per heavy atom. The predicted molar refractivity (Wildman–Crippen MR) is 146 cm³/mol. The fraction of sp³-hybridized carbons (Fsp3) is 0.462. The molecular weight excluding hydrogens is 532 g/mol. The number of fused-ring (bicyclic) bond motifs is 1. The second kappa shape index (κ2) is 12.2. The molecule has 3 N–H and O–H groups in total. The number of aliphatic hydroxyl groups excluding tert-OH is 1. The second-order valence-corrected chi connectivity index (χ2v) is 12.0. The lowest BCUT2D eigenvalue weighted by Crippen LogP contribution is -2.51. The molecule has 208 valence electrons. The van der Waals surface area contributed by atoms with Crippen molar-refractivity contribution in [1.82, 2.24) is 15.1 Å². The normalized spacial score (nSPS) is 18.6. The summed E-state index contributed by atoms with van der Waals surface area (Å²) in [5.74, 6) is -0.610. The number of carbonyl (C=O) groups excluding carboxylic acids is 2. The zero-order valence-corrected chi connectivity index (χ0v) is 23.7. The number of hydrogen-bond donors (Lipinski definition) is 3. The zero-order chi connectivity index (χ0) is 28.2. The van der Waals surface area contributed by atoms with E-state index in [1.54, 1.807) is 31.0 Å². The lowest BCUT2D eigenvalue weighted by Gasteiger charge is -2.38. The van der Waals surface area contributed by atoms with Gasteiger partial charge in [-0.15, -0.1) is 0 Å². The molecule has 3 atom stereocenters. The third kappa shape index (κ3) is 6.89. The van der Waals surface area contributed by atoms with Crippen LogP contribution in [0.15, 0.2) is 47.4 Å². The molecule has 2 aromatic rings. The second-order valence-electron chi connectivity index (χ2n) is 9.85. The van der Waals surface area contributed by atoms with Crippen LogP contribution in [-0.2, 0) is 10.0 Å². The van der Waals surface area contributed by atoms with Crippen LogP contribution >= 0.6 is 11.6 Å². The Kier molecular flexibility index (Phi) is 9.50. The minimum Gasteiger partial charge on any atom is -0.485 e. The fourth-order valence-corrected chi connectivity index (χ4v) is 5.26. The van der Waals surface area contributed by atoms with Crippen molar-refractivity contribution < 1.29 is 27.9 Å². The van der Waals surface area contributed by atoms with Crippen LogP contribution in [0.25, 0.3) is 0 Å². The first-order valence-electron chi connectivity index (χ1n) is 12.4. The molecule has 0 bridgehead atoms. The van der Waals surface area contributed by atoms with Crippen LogP contribution in [0.4, 0.5) is 10.5 Å². The van der Waals surface area contributed by atoms with Crippen LogP contribution in [0.2, 0.25) is 5.02 Å². The predicted octanol–water partition coefficient (Wildman–Crippen LogP) is 3.41. The molecule has 0 spiro atoms. The fourth-order valence-electron chi connectivity index (χ4n) is 4.07. The van der Waals surface area contributed by atoms with E-state index in [1.807, 2.05) is 20.8 Å². The number of halogens is 1. The first-order chi connectivity index (χ1) is 17.8. The number of nitrogens with zero attached hydrogens (tertiary/aromatic N) is 2. The largest absolute Gasteiger partial charge is 0.485 e. The first kappa shape index (κ1) is 29.5. The molecular formula is C26H35ClN4O6S. The van der Waals surface area contributed by atoms with Gasteiger partial charge in [0, 0.05) is 30.6 Å². The van der Waals surface area contributed by atoms with Gasteiger partial charge in [-0.1, -0.05) is 24.6 Å². The van der Waals surface area contributed by atoms with Gasteiger partial charge in [-0.05, 0) is 57.2 Å². The van der Waals surface area contributed by atoms with E-state index in [0.29, 0.717) is 5.02 Å². The minimum absolute atomic E-state index is 0.0118. The molecule has 1 aliphatic heterocycles. The number of aliphatic hydroxyl groups is 1. The Hall–Kier alpha value is -3.02. The molecule has 2 aromatic carbocycles. The standard InChI is InChI=1S/C26H35ClN4O6S/c1-16(2)28-26(34)30(5)14-23-17(3)13-31(18(4)15-32)25(33)21-7-6-8-22(24(21)37-23)29-38(35,36)20-11-9-19(27)10-12-20/h6-12,16-18,23,29,32H,13-15H2,1-5H3,(H,28,34)/t17-,18-,23+/m1/s1. The van der Waals surface area contributed by atoms with Crippen molar-refractivity contribution in [3.05, 3.63) is 53.1 Å². The van der Waals surface area contributed by atoms with E-state index in [2.05, 4.69) is 10.0 Å². The number of nitrogens with one attached hydrogen (secondary N) is 2. The number of para-hydroxylation sites is 1. The number of hydrogen-bond acceptors (Lipinski definition) is 6. The maximum absolute atomic E-state index is 13.6. The maximum atomic E-state index is 13.6. The van der Waals surface area contributed by atoms with Gasteiger partial charge in [-0.3, -0.25) is 9.52 Å². The van der Waals surface area contributed by atoms with E-state index >= 15 is 0 Å². The van der Waals surface area contributed by atoms with E-state index in [1.165, 1.54) is 35.2 Å². The lowest BCUT2D eigenvalue weighted by molar-refractivity contribution is 0.0369. The van der Waals surface area contributed by atoms with Gasteiger partial charge < -0.3 is 25.0 Å². The van der Waals surface area contributed by atoms with Crippen LogP contribution in [0, 0.1) is 5.92 Å². The van der Waals surface area contributed by atoms with Crippen LogP contribution in [-0.4, -0.2) is 80.2 Å². The molecule has 1 aliphatic rings. The number of carbonyl (C=O) groups is 2. The van der Waals surface area contributed by atoms with Crippen molar-refractivity contribution >= 4 is 39.2 Å². The van der Waals surface area contributed by atoms with Crippen molar-refractivity contribution in [3.8, 4) is 5.75 Å². The molecule has 12 heteroatoms. The molecule has 0 saturated heterocycles. The highest BCUT2D eigenvalue weighted by Crippen LogP contribution is 2.36. The summed E-state index contributed by atoms with van der Waals surface area (Å²) in [6.07, 6.45) is -0.598. The molecule has 3 amide bonds. The van der Waals surface area contributed by atoms with Crippen LogP contribution in [0.1, 0.15) is 38.1 Å². The monoisotopic (exact) mass is 566 g/mol. The third-order valence-corrected chi connectivity index (χ3v) is 7.91. The molecule has 0 fully saturated rings. The molecule has 38 heavy (non-hydrogen) atoms. The summed E-state index contributed by atoms with van der Waals surface area (Å²) in [6.45, 7) is 7.52. The lowest BCUT2D eigenvalue weighted by atomic mass is 9.99. The van der Waals surface area contributed by atoms with Crippen LogP contribution < -0.4 is 14.8 Å². The molecule has 0 radical (unpaired) electrons. The summed E-state index contributed by atoms with van der Waals surface area (Å²) in [4.78, 5) is 29.2. The van der Waals surface area contributed by atoms with Gasteiger partial charge >= 0.3 is 6.03 Å². The number of likely N-dealkylation sites (N-methyl/N-ethyl adjacent to an activating group) is 1. The van der Waals surface area contributed by atoms with E-state index < -0.39 is 28.1 Å². The number of sulfonamides is 1. The zero-order valence-electron chi connectivity index (χ0n) is 22.1. The summed E-state index contributed by atoms with van der Waals surface area (Å²) < 4.78 is 35.2. The number of benzene rings is 2. The highest BCUT2D eigenvalue weighted by molar-refractivity contribution is 7.92. The molecule has 1 heterocycles. The first-order valence-corrected chi connectivity index (χ1v) is 14.2. The van der Waals surface area contributed by atoms with Gasteiger partial charge in [0.2, 0.25) is 0 Å². The summed E-state index contributed by atoms with van der Waals surface area (Å²) in [5.41, 5.74) is 0.226. The van der Waals surface area contributed by atoms with Crippen LogP contribution in [0.3, 0.4) is 0 Å². The topological polar surface area (TPSA) is 128 Å². The van der Waals surface area contributed by atoms with E-state index in [-0.39, 0.29) is 59.6 Å². The van der Waals surface area contributed by atoms with Crippen molar-refractivity contribution in [2.45, 2.75) is 50.8 Å². The van der Waals surface area contributed by atoms with Gasteiger partial charge in [-0.25, -0.2) is 13.2 Å². The summed E-state index contributed by atoms with van der Waals surface area (Å²) >= 11 is 5.91. The summed E-state index contributed by atoms with van der Waals surface area (Å²) in [7, 11) is -2.40. The smallest absolute Gasteiger partial charge is 0.317 e. The van der Waals surface area contributed by atoms with Crippen LogP contribution in [0.5, 0.6) is 5.75 Å². The van der Waals surface area contributed by atoms with E-state index in [4.69, 9.17) is 16.3 Å². The molecule has 3 rings (SSSR count). The number of anilines is 1. The SMILES string of the molecule is CC(C)NC(=O)N(C)C[C@@H]1Oc2c(NS(=O)(=O)c3ccc(Cl)cc3)cccc2C(=O)N([C@H](C)CO)C[C@H]1C. The summed E-state index contributed by atoms with van der Waals surface area (Å²) in [6, 6.07) is 9.47. The van der Waals surface area contributed by atoms with E-state index in [9.17, 15) is 23.1 Å². The Balaban J connectivity index is 2.05. The Morgan fingerprint density at radius 3 is 2.47 bits per heavy atom. The average Bonchev–Trinajstić information content (AvgIpc) is 2.85. The highest BCUT2D eigenvalue weighted by Gasteiger charge is 2.35. The van der Waals surface area contributed by atoms with Gasteiger partial charge in [0.05, 0.1) is 35.3 Å². The van der Waals surface area contributed by atoms with E-state index in [0.717, 1.165) is 0 Å². The molecule has 0 saturated carbocycles. The number of amides is 3. The van der Waals surface area contributed by atoms with Crippen molar-refractivity contribution in [2.75, 3.05) is 31.5 Å². The van der Waals surface area contributed by atoms with Crippen molar-refractivity contribution in [1.29, 1.82) is 0 Å². The average molecular weight is 567 g/mol. The van der Waals surface area contributed by atoms with Gasteiger partial charge in [-0.2, -0.15) is 0 Å². The summed E-state index contributed by atoms with van der Waals surface area (Å²) in [5, 5.41) is 13.1. The number of ether oxygens (including phenoxy) is 1. The highest BCUT2D eigenvalue weighted by atomic mass is 35.5. The number of rotatable bonds is 8. The molecule has 0 aromatic heterocycles. The van der Waals surface area contributed by atoms with Gasteiger partial charge in [0.15, 0.2) is 5.75 Å². The van der Waals surface area contributed by atoms with Gasteiger partial charge in [0.1, 0.15) is 6.10 Å². The Morgan fingerprint density at radius 2 is 1.87 bits per heavy atom. The van der Waals surface area contributed by atoms with Crippen molar-refractivity contribution in [2.24, 2.45) is 5.92 Å². The quantitative estimate of drug-likeness (QED) is 0.449. The Labute approximate surface area is 229 Å². The molecule has 0 unspecified atom stereocenters. The number of urea groups is 1. The Bertz CT molecular complexity index is 1250. The maximum Gasteiger partial charge on any atom is 0.317 e. The minimum atomic E-state index is -4.05. The molecule has 0 aliphatic carbocycles.